The van der Waals surface area contributed by atoms with E-state index in [1.165, 1.54) is 19.4 Å². The lowest BCUT2D eigenvalue weighted by Gasteiger charge is -2.39. The first-order valence-corrected chi connectivity index (χ1v) is 9.11. The molecule has 0 spiro atoms. The molecule has 5 heteroatoms. The molecule has 1 aromatic rings. The number of piperidine rings is 1. The molecule has 2 fully saturated rings. The number of carbonyl (C=O) groups is 1. The second kappa shape index (κ2) is 7.62. The lowest BCUT2D eigenvalue weighted by atomic mass is 9.95. The Balaban J connectivity index is 1.49. The predicted molar refractivity (Wildman–Crippen MR) is 95.6 cm³/mol. The minimum Gasteiger partial charge on any atom is -0.373 e. The van der Waals surface area contributed by atoms with Gasteiger partial charge in [-0.05, 0) is 51.7 Å². The van der Waals surface area contributed by atoms with Crippen LogP contribution in [0.1, 0.15) is 44.0 Å². The molecule has 3 rings (SSSR count). The number of hydrogen-bond acceptors (Lipinski definition) is 5. The van der Waals surface area contributed by atoms with Crippen molar-refractivity contribution in [2.24, 2.45) is 5.92 Å². The Bertz CT molecular complexity index is 542. The molecule has 0 unspecified atom stereocenters. The van der Waals surface area contributed by atoms with Crippen LogP contribution in [0.15, 0.2) is 18.3 Å². The van der Waals surface area contributed by atoms with Crippen molar-refractivity contribution in [3.8, 4) is 0 Å². The molecule has 3 heterocycles. The summed E-state index contributed by atoms with van der Waals surface area (Å²) in [5.41, 5.74) is 0.684. The van der Waals surface area contributed by atoms with Gasteiger partial charge < -0.3 is 9.64 Å². The first kappa shape index (κ1) is 17.4. The molecule has 24 heavy (non-hydrogen) atoms. The summed E-state index contributed by atoms with van der Waals surface area (Å²) in [5, 5.41) is 0. The largest absolute Gasteiger partial charge is 0.373 e. The Hall–Kier alpha value is -1.46. The second-order valence-corrected chi connectivity index (χ2v) is 7.37. The van der Waals surface area contributed by atoms with Gasteiger partial charge in [0.05, 0.1) is 12.2 Å². The van der Waals surface area contributed by atoms with Crippen LogP contribution in [-0.4, -0.2) is 60.6 Å². The number of Topliss-reactive ketones (excluding diaryl/α,β-unsaturated/α-hetero) is 1. The van der Waals surface area contributed by atoms with Crippen LogP contribution >= 0.6 is 0 Å². The zero-order valence-electron chi connectivity index (χ0n) is 15.1. The van der Waals surface area contributed by atoms with Crippen molar-refractivity contribution in [2.45, 2.75) is 45.8 Å². The number of anilines is 1. The highest BCUT2D eigenvalue weighted by atomic mass is 16.5. The number of pyridine rings is 1. The summed E-state index contributed by atoms with van der Waals surface area (Å²) in [6, 6.07) is 3.86. The van der Waals surface area contributed by atoms with E-state index in [1.54, 1.807) is 13.1 Å². The van der Waals surface area contributed by atoms with Gasteiger partial charge in [0.1, 0.15) is 5.82 Å². The van der Waals surface area contributed by atoms with Gasteiger partial charge in [-0.2, -0.15) is 0 Å². The number of ether oxygens (including phenoxy) is 1. The second-order valence-electron chi connectivity index (χ2n) is 7.37. The lowest BCUT2D eigenvalue weighted by molar-refractivity contribution is -0.0720. The van der Waals surface area contributed by atoms with Crippen molar-refractivity contribution >= 4 is 11.6 Å². The van der Waals surface area contributed by atoms with Crippen LogP contribution in [0.2, 0.25) is 0 Å². The summed E-state index contributed by atoms with van der Waals surface area (Å²) in [4.78, 5) is 20.7. The number of hydrogen-bond donors (Lipinski definition) is 0. The molecule has 0 radical (unpaired) electrons. The molecule has 2 saturated heterocycles. The Morgan fingerprint density at radius 3 is 2.42 bits per heavy atom. The monoisotopic (exact) mass is 331 g/mol. The normalized spacial score (nSPS) is 26.5. The fourth-order valence-corrected chi connectivity index (χ4v) is 3.92. The van der Waals surface area contributed by atoms with Crippen molar-refractivity contribution in [1.29, 1.82) is 0 Å². The third-order valence-corrected chi connectivity index (χ3v) is 5.10. The van der Waals surface area contributed by atoms with Crippen molar-refractivity contribution in [2.75, 3.05) is 37.6 Å². The van der Waals surface area contributed by atoms with E-state index in [1.807, 2.05) is 12.1 Å². The van der Waals surface area contributed by atoms with Crippen LogP contribution in [0.25, 0.3) is 0 Å². The molecule has 5 nitrogen and oxygen atoms in total. The Labute approximate surface area is 145 Å². The molecule has 0 amide bonds. The standard InChI is InChI=1S/C19H29N3O2/c1-14-11-21(12-15(2)24-14)13-17-6-8-22(9-7-17)19-5-4-18(10-20-19)16(3)23/h4-5,10,14-15,17H,6-9,11-13H2,1-3H3/t14-,15-/m0/s1. The molecule has 0 N–H and O–H groups in total. The average Bonchev–Trinajstić information content (AvgIpc) is 2.55. The highest BCUT2D eigenvalue weighted by Gasteiger charge is 2.26. The molecule has 2 aliphatic heterocycles. The fraction of sp³-hybridized carbons (Fsp3) is 0.684. The highest BCUT2D eigenvalue weighted by Crippen LogP contribution is 2.24. The molecule has 1 aromatic heterocycles. The molecule has 132 valence electrons. The topological polar surface area (TPSA) is 45.7 Å². The minimum absolute atomic E-state index is 0.0710. The number of morpholine rings is 1. The summed E-state index contributed by atoms with van der Waals surface area (Å²) in [5.74, 6) is 1.82. The Morgan fingerprint density at radius 1 is 1.21 bits per heavy atom. The summed E-state index contributed by atoms with van der Waals surface area (Å²) >= 11 is 0. The Morgan fingerprint density at radius 2 is 1.88 bits per heavy atom. The van der Waals surface area contributed by atoms with Gasteiger partial charge in [0.2, 0.25) is 0 Å². The number of nitrogens with zero attached hydrogens (tertiary/aromatic N) is 3. The molecule has 0 bridgehead atoms. The van der Waals surface area contributed by atoms with Crippen LogP contribution in [-0.2, 0) is 4.74 Å². The van der Waals surface area contributed by atoms with Crippen molar-refractivity contribution in [3.63, 3.8) is 0 Å². The lowest BCUT2D eigenvalue weighted by Crippen LogP contribution is -2.48. The van der Waals surface area contributed by atoms with Crippen molar-refractivity contribution in [1.82, 2.24) is 9.88 Å². The van der Waals surface area contributed by atoms with Gasteiger partial charge in [-0.25, -0.2) is 4.98 Å². The minimum atomic E-state index is 0.0710. The van der Waals surface area contributed by atoms with Gasteiger partial charge in [0.15, 0.2) is 5.78 Å². The van der Waals surface area contributed by atoms with Crippen LogP contribution in [0.4, 0.5) is 5.82 Å². The summed E-state index contributed by atoms with van der Waals surface area (Å²) < 4.78 is 5.82. The first-order chi connectivity index (χ1) is 11.5. The highest BCUT2D eigenvalue weighted by molar-refractivity contribution is 5.93. The summed E-state index contributed by atoms with van der Waals surface area (Å²) in [6.07, 6.45) is 4.79. The van der Waals surface area contributed by atoms with E-state index < -0.39 is 0 Å². The SMILES string of the molecule is CC(=O)c1ccc(N2CCC(CN3C[C@H](C)O[C@@H](C)C3)CC2)nc1. The molecule has 2 aliphatic rings. The maximum absolute atomic E-state index is 11.3. The third-order valence-electron chi connectivity index (χ3n) is 5.10. The number of ketones is 1. The van der Waals surface area contributed by atoms with Gasteiger partial charge >= 0.3 is 0 Å². The van der Waals surface area contributed by atoms with E-state index in [0.29, 0.717) is 17.8 Å². The molecular formula is C19H29N3O2. The maximum atomic E-state index is 11.3. The van der Waals surface area contributed by atoms with E-state index in [9.17, 15) is 4.79 Å². The molecule has 2 atom stereocenters. The van der Waals surface area contributed by atoms with E-state index in [2.05, 4.69) is 28.6 Å². The van der Waals surface area contributed by atoms with Gasteiger partial charge in [-0.1, -0.05) is 0 Å². The van der Waals surface area contributed by atoms with Crippen LogP contribution in [0.3, 0.4) is 0 Å². The van der Waals surface area contributed by atoms with Gasteiger partial charge in [0.25, 0.3) is 0 Å². The first-order valence-electron chi connectivity index (χ1n) is 9.11. The van der Waals surface area contributed by atoms with Gasteiger partial charge in [0, 0.05) is 44.5 Å². The molecule has 0 aliphatic carbocycles. The van der Waals surface area contributed by atoms with E-state index in [-0.39, 0.29) is 5.78 Å². The number of aromatic nitrogens is 1. The van der Waals surface area contributed by atoms with Gasteiger partial charge in [-0.15, -0.1) is 0 Å². The van der Waals surface area contributed by atoms with Crippen LogP contribution < -0.4 is 4.90 Å². The smallest absolute Gasteiger partial charge is 0.161 e. The van der Waals surface area contributed by atoms with E-state index >= 15 is 0 Å². The van der Waals surface area contributed by atoms with Crippen molar-refractivity contribution < 1.29 is 9.53 Å². The van der Waals surface area contributed by atoms with Crippen LogP contribution in [0, 0.1) is 5.92 Å². The zero-order valence-corrected chi connectivity index (χ0v) is 15.1. The van der Waals surface area contributed by atoms with E-state index in [0.717, 1.165) is 37.9 Å². The summed E-state index contributed by atoms with van der Waals surface area (Å²) in [6.45, 7) is 11.3. The maximum Gasteiger partial charge on any atom is 0.161 e. The number of carbonyl (C=O) groups excluding carboxylic acids is 1. The predicted octanol–water partition coefficient (Wildman–Crippen LogP) is 2.61. The zero-order chi connectivity index (χ0) is 17.1. The quantitative estimate of drug-likeness (QED) is 0.794. The molecule has 0 saturated carbocycles. The average molecular weight is 331 g/mol. The Kier molecular flexibility index (Phi) is 5.51. The summed E-state index contributed by atoms with van der Waals surface area (Å²) in [7, 11) is 0. The van der Waals surface area contributed by atoms with Crippen LogP contribution in [0.5, 0.6) is 0 Å². The number of rotatable bonds is 4. The van der Waals surface area contributed by atoms with Gasteiger partial charge in [-0.3, -0.25) is 9.69 Å². The van der Waals surface area contributed by atoms with Crippen molar-refractivity contribution in [3.05, 3.63) is 23.9 Å². The van der Waals surface area contributed by atoms with E-state index in [4.69, 9.17) is 4.74 Å². The molecular weight excluding hydrogens is 302 g/mol. The third kappa shape index (κ3) is 4.33. The fourth-order valence-electron chi connectivity index (χ4n) is 3.92. The molecule has 0 aromatic carbocycles.